The topological polar surface area (TPSA) is 29.3 Å². The van der Waals surface area contributed by atoms with Crippen molar-refractivity contribution < 1.29 is 0 Å². The van der Waals surface area contributed by atoms with E-state index in [0.717, 1.165) is 18.4 Å². The molecule has 2 heteroatoms. The maximum absolute atomic E-state index is 6.19. The van der Waals surface area contributed by atoms with E-state index in [2.05, 4.69) is 39.6 Å². The van der Waals surface area contributed by atoms with E-state index in [-0.39, 0.29) is 5.54 Å². The Morgan fingerprint density at radius 2 is 2.00 bits per heavy atom. The van der Waals surface area contributed by atoms with Gasteiger partial charge in [-0.3, -0.25) is 4.90 Å². The number of hydrogen-bond acceptors (Lipinski definition) is 2. The van der Waals surface area contributed by atoms with E-state index in [1.54, 1.807) is 0 Å². The van der Waals surface area contributed by atoms with Crippen molar-refractivity contribution in [1.29, 1.82) is 0 Å². The van der Waals surface area contributed by atoms with Gasteiger partial charge in [-0.25, -0.2) is 0 Å². The van der Waals surface area contributed by atoms with Crippen molar-refractivity contribution in [2.45, 2.75) is 77.8 Å². The van der Waals surface area contributed by atoms with Gasteiger partial charge in [0.25, 0.3) is 0 Å². The van der Waals surface area contributed by atoms with Gasteiger partial charge in [0.05, 0.1) is 0 Å². The third-order valence-electron chi connectivity index (χ3n) is 5.30. The predicted molar refractivity (Wildman–Crippen MR) is 80.7 cm³/mol. The van der Waals surface area contributed by atoms with Gasteiger partial charge in [-0.05, 0) is 45.1 Å². The highest BCUT2D eigenvalue weighted by Crippen LogP contribution is 2.40. The third-order valence-corrected chi connectivity index (χ3v) is 5.30. The molecule has 0 aromatic heterocycles. The van der Waals surface area contributed by atoms with Crippen LogP contribution in [0.4, 0.5) is 0 Å². The van der Waals surface area contributed by atoms with Crippen molar-refractivity contribution in [3.8, 4) is 0 Å². The number of likely N-dealkylation sites (N-methyl/N-ethyl adjacent to an activating group) is 1. The first-order valence-electron chi connectivity index (χ1n) is 7.90. The second kappa shape index (κ2) is 6.91. The lowest BCUT2D eigenvalue weighted by molar-refractivity contribution is 0.0171. The van der Waals surface area contributed by atoms with E-state index in [4.69, 9.17) is 5.73 Å². The molecule has 0 aromatic rings. The third kappa shape index (κ3) is 3.48. The van der Waals surface area contributed by atoms with Crippen LogP contribution in [0.5, 0.6) is 0 Å². The molecule has 0 spiro atoms. The second-order valence-corrected chi connectivity index (χ2v) is 6.78. The summed E-state index contributed by atoms with van der Waals surface area (Å²) in [7, 11) is 2.30. The van der Waals surface area contributed by atoms with E-state index >= 15 is 0 Å². The van der Waals surface area contributed by atoms with E-state index in [1.807, 2.05) is 0 Å². The lowest BCUT2D eigenvalue weighted by Crippen LogP contribution is -2.57. The highest BCUT2D eigenvalue weighted by molar-refractivity contribution is 4.97. The largest absolute Gasteiger partial charge is 0.329 e. The molecule has 0 saturated heterocycles. The molecular weight excluding hydrogens is 220 g/mol. The SMILES string of the molecule is CCCC(C)N(C)C1(CN)CCCC(C(C)C)C1. The minimum absolute atomic E-state index is 0.266. The van der Waals surface area contributed by atoms with Crippen LogP contribution >= 0.6 is 0 Å². The summed E-state index contributed by atoms with van der Waals surface area (Å²) in [4.78, 5) is 2.60. The van der Waals surface area contributed by atoms with Crippen LogP contribution in [0.25, 0.3) is 0 Å². The first-order valence-corrected chi connectivity index (χ1v) is 7.90. The Labute approximate surface area is 114 Å². The summed E-state index contributed by atoms with van der Waals surface area (Å²) in [5.74, 6) is 1.66. The van der Waals surface area contributed by atoms with Gasteiger partial charge in [0.1, 0.15) is 0 Å². The van der Waals surface area contributed by atoms with Crippen LogP contribution in [0.1, 0.15) is 66.2 Å². The van der Waals surface area contributed by atoms with Crippen molar-refractivity contribution in [3.63, 3.8) is 0 Å². The molecule has 2 nitrogen and oxygen atoms in total. The predicted octanol–water partition coefficient (Wildman–Crippen LogP) is 3.65. The first-order chi connectivity index (χ1) is 8.46. The first kappa shape index (κ1) is 16.0. The highest BCUT2D eigenvalue weighted by Gasteiger charge is 2.40. The van der Waals surface area contributed by atoms with Gasteiger partial charge in [0.2, 0.25) is 0 Å². The fourth-order valence-electron chi connectivity index (χ4n) is 3.68. The van der Waals surface area contributed by atoms with Gasteiger partial charge >= 0.3 is 0 Å². The summed E-state index contributed by atoms with van der Waals surface area (Å²) >= 11 is 0. The zero-order valence-corrected chi connectivity index (χ0v) is 13.2. The molecule has 0 heterocycles. The molecule has 1 aliphatic carbocycles. The van der Waals surface area contributed by atoms with Crippen LogP contribution in [-0.2, 0) is 0 Å². The maximum atomic E-state index is 6.19. The molecule has 1 fully saturated rings. The molecule has 108 valence electrons. The Kier molecular flexibility index (Phi) is 6.13. The number of rotatable bonds is 6. The summed E-state index contributed by atoms with van der Waals surface area (Å²) in [6.45, 7) is 10.2. The molecule has 18 heavy (non-hydrogen) atoms. The van der Waals surface area contributed by atoms with Gasteiger partial charge < -0.3 is 5.73 Å². The summed E-state index contributed by atoms with van der Waals surface area (Å²) < 4.78 is 0. The van der Waals surface area contributed by atoms with Crippen molar-refractivity contribution in [2.75, 3.05) is 13.6 Å². The average Bonchev–Trinajstić information content (AvgIpc) is 2.38. The van der Waals surface area contributed by atoms with Crippen LogP contribution < -0.4 is 5.73 Å². The van der Waals surface area contributed by atoms with Crippen LogP contribution in [0.15, 0.2) is 0 Å². The van der Waals surface area contributed by atoms with Gasteiger partial charge in [-0.15, -0.1) is 0 Å². The Bertz CT molecular complexity index is 239. The van der Waals surface area contributed by atoms with E-state index in [1.165, 1.54) is 38.5 Å². The molecule has 0 aromatic carbocycles. The minimum Gasteiger partial charge on any atom is -0.329 e. The molecular formula is C16H34N2. The molecule has 2 N–H and O–H groups in total. The Morgan fingerprint density at radius 1 is 1.33 bits per heavy atom. The Morgan fingerprint density at radius 3 is 2.50 bits per heavy atom. The second-order valence-electron chi connectivity index (χ2n) is 6.78. The zero-order chi connectivity index (χ0) is 13.8. The van der Waals surface area contributed by atoms with Crippen LogP contribution in [0.2, 0.25) is 0 Å². The number of nitrogens with two attached hydrogens (primary N) is 1. The summed E-state index contributed by atoms with van der Waals surface area (Å²) in [6, 6.07) is 0.657. The van der Waals surface area contributed by atoms with Crippen LogP contribution in [0.3, 0.4) is 0 Å². The number of hydrogen-bond donors (Lipinski definition) is 1. The molecule has 0 aliphatic heterocycles. The molecule has 1 aliphatic rings. The zero-order valence-electron chi connectivity index (χ0n) is 13.2. The highest BCUT2D eigenvalue weighted by atomic mass is 15.2. The minimum atomic E-state index is 0.266. The molecule has 0 bridgehead atoms. The fraction of sp³-hybridized carbons (Fsp3) is 1.00. The van der Waals surface area contributed by atoms with Crippen LogP contribution in [-0.4, -0.2) is 30.1 Å². The number of nitrogens with zero attached hydrogens (tertiary/aromatic N) is 1. The van der Waals surface area contributed by atoms with Crippen molar-refractivity contribution in [1.82, 2.24) is 4.90 Å². The smallest absolute Gasteiger partial charge is 0.0334 e. The lowest BCUT2D eigenvalue weighted by atomic mass is 9.70. The normalized spacial score (nSPS) is 31.0. The van der Waals surface area contributed by atoms with E-state index < -0.39 is 0 Å². The van der Waals surface area contributed by atoms with E-state index in [0.29, 0.717) is 6.04 Å². The van der Waals surface area contributed by atoms with Crippen molar-refractivity contribution in [2.24, 2.45) is 17.6 Å². The molecule has 0 amide bonds. The fourth-order valence-corrected chi connectivity index (χ4v) is 3.68. The van der Waals surface area contributed by atoms with Gasteiger partial charge in [0, 0.05) is 18.1 Å². The summed E-state index contributed by atoms with van der Waals surface area (Å²) in [5, 5.41) is 0. The average molecular weight is 254 g/mol. The van der Waals surface area contributed by atoms with Gasteiger partial charge in [0.15, 0.2) is 0 Å². The molecule has 1 rings (SSSR count). The summed E-state index contributed by atoms with van der Waals surface area (Å²) in [6.07, 6.45) is 7.88. The van der Waals surface area contributed by atoms with Gasteiger partial charge in [-0.1, -0.05) is 40.0 Å². The Hall–Kier alpha value is -0.0800. The standard InChI is InChI=1S/C16H34N2/c1-6-8-14(4)18(5)16(12-17)10-7-9-15(11-16)13(2)3/h13-15H,6-12,17H2,1-5H3. The van der Waals surface area contributed by atoms with Crippen LogP contribution in [0, 0.1) is 11.8 Å². The van der Waals surface area contributed by atoms with Crippen molar-refractivity contribution >= 4 is 0 Å². The molecule has 1 saturated carbocycles. The molecule has 3 atom stereocenters. The molecule has 0 radical (unpaired) electrons. The summed E-state index contributed by atoms with van der Waals surface area (Å²) in [5.41, 5.74) is 6.46. The lowest BCUT2D eigenvalue weighted by Gasteiger charge is -2.50. The Balaban J connectivity index is 2.77. The van der Waals surface area contributed by atoms with Gasteiger partial charge in [-0.2, -0.15) is 0 Å². The van der Waals surface area contributed by atoms with E-state index in [9.17, 15) is 0 Å². The monoisotopic (exact) mass is 254 g/mol. The quantitative estimate of drug-likeness (QED) is 0.784. The molecule has 3 unspecified atom stereocenters. The van der Waals surface area contributed by atoms with Crippen molar-refractivity contribution in [3.05, 3.63) is 0 Å². The maximum Gasteiger partial charge on any atom is 0.0334 e.